The molecule has 6 heterocycles. The molecule has 328 valence electrons. The number of carbonyl (C=O) groups excluding carboxylic acids is 5. The summed E-state index contributed by atoms with van der Waals surface area (Å²) in [5, 5.41) is 8.90. The number of fused-ring (bicyclic) bond motifs is 2. The van der Waals surface area contributed by atoms with Crippen molar-refractivity contribution in [3.63, 3.8) is 0 Å². The minimum atomic E-state index is -0.961. The van der Waals surface area contributed by atoms with Gasteiger partial charge in [-0.2, -0.15) is 0 Å². The lowest BCUT2D eigenvalue weighted by molar-refractivity contribution is -0.136. The number of rotatable bonds is 10. The summed E-state index contributed by atoms with van der Waals surface area (Å²) in [5.74, 6) is -1.20. The van der Waals surface area contributed by atoms with Gasteiger partial charge in [0.25, 0.3) is 11.8 Å². The van der Waals surface area contributed by atoms with Crippen molar-refractivity contribution in [1.82, 2.24) is 40.0 Å². The molecule has 2 saturated carbocycles. The van der Waals surface area contributed by atoms with Crippen molar-refractivity contribution in [2.24, 2.45) is 5.41 Å². The van der Waals surface area contributed by atoms with E-state index in [1.165, 1.54) is 18.5 Å². The summed E-state index contributed by atoms with van der Waals surface area (Å²) in [6, 6.07) is 23.8. The van der Waals surface area contributed by atoms with Crippen molar-refractivity contribution in [2.75, 3.05) is 54.4 Å². The zero-order valence-corrected chi connectivity index (χ0v) is 35.6. The quantitative estimate of drug-likeness (QED) is 0.167. The van der Waals surface area contributed by atoms with Crippen LogP contribution in [0.5, 0.6) is 0 Å². The van der Waals surface area contributed by atoms with Crippen LogP contribution in [-0.2, 0) is 20.8 Å². The first kappa shape index (κ1) is 40.1. The summed E-state index contributed by atoms with van der Waals surface area (Å²) in [6.07, 6.45) is 10.3. The van der Waals surface area contributed by atoms with Gasteiger partial charge in [0.1, 0.15) is 12.4 Å². The van der Waals surface area contributed by atoms with Crippen molar-refractivity contribution in [3.8, 4) is 0 Å². The first-order chi connectivity index (χ1) is 31.2. The second-order valence-corrected chi connectivity index (χ2v) is 18.5. The van der Waals surface area contributed by atoms with E-state index in [1.807, 2.05) is 48.8 Å². The molecule has 1 atom stereocenters. The van der Waals surface area contributed by atoms with Crippen LogP contribution in [0, 0.1) is 5.41 Å². The first-order valence-corrected chi connectivity index (χ1v) is 22.6. The molecule has 4 aliphatic heterocycles. The molecule has 1 unspecified atom stereocenters. The number of anilines is 4. The van der Waals surface area contributed by atoms with Gasteiger partial charge in [-0.1, -0.05) is 30.3 Å². The van der Waals surface area contributed by atoms with Gasteiger partial charge in [-0.3, -0.25) is 39.1 Å². The van der Waals surface area contributed by atoms with Gasteiger partial charge in [0.2, 0.25) is 17.7 Å². The number of nitrogens with zero attached hydrogens (tertiary/aromatic N) is 8. The molecule has 1 spiro atoms. The number of aromatic nitrogens is 4. The van der Waals surface area contributed by atoms with Crippen LogP contribution < -0.4 is 25.8 Å². The van der Waals surface area contributed by atoms with Crippen molar-refractivity contribution in [3.05, 3.63) is 102 Å². The molecule has 2 aromatic heterocycles. The van der Waals surface area contributed by atoms with Crippen LogP contribution in [0.3, 0.4) is 0 Å². The van der Waals surface area contributed by atoms with E-state index in [-0.39, 0.29) is 36.7 Å². The lowest BCUT2D eigenvalue weighted by atomic mass is 9.60. The Morgan fingerprint density at radius 3 is 2.23 bits per heavy atom. The van der Waals surface area contributed by atoms with Gasteiger partial charge in [-0.25, -0.2) is 15.0 Å². The fraction of sp³-hybridized carbons (Fsp3) is 0.417. The molecule has 6 aliphatic rings. The Kier molecular flexibility index (Phi) is 10.1. The predicted octanol–water partition coefficient (Wildman–Crippen LogP) is 4.60. The van der Waals surface area contributed by atoms with Gasteiger partial charge >= 0.3 is 0 Å². The van der Waals surface area contributed by atoms with Gasteiger partial charge in [-0.15, -0.1) is 0 Å². The van der Waals surface area contributed by atoms with Crippen molar-refractivity contribution < 1.29 is 24.0 Å². The predicted molar refractivity (Wildman–Crippen MR) is 239 cm³/mol. The number of carbonyl (C=O) groups is 5. The van der Waals surface area contributed by atoms with E-state index in [0.717, 1.165) is 98.0 Å². The van der Waals surface area contributed by atoms with Crippen LogP contribution in [-0.4, -0.2) is 116 Å². The number of piperidine rings is 2. The van der Waals surface area contributed by atoms with Crippen molar-refractivity contribution in [2.45, 2.75) is 82.0 Å². The Morgan fingerprint density at radius 2 is 1.48 bits per heavy atom. The van der Waals surface area contributed by atoms with E-state index in [2.05, 4.69) is 69.5 Å². The molecule has 3 aromatic carbocycles. The highest BCUT2D eigenvalue weighted by molar-refractivity contribution is 6.23. The maximum atomic E-state index is 13.4. The van der Waals surface area contributed by atoms with Gasteiger partial charge < -0.3 is 25.0 Å². The zero-order valence-electron chi connectivity index (χ0n) is 35.6. The monoisotopic (exact) mass is 861 g/mol. The zero-order chi connectivity index (χ0) is 43.5. The normalized spacial score (nSPS) is 23.5. The molecule has 2 aliphatic carbocycles. The smallest absolute Gasteiger partial charge is 0.262 e. The maximum absolute atomic E-state index is 13.4. The summed E-state index contributed by atoms with van der Waals surface area (Å²) in [6.45, 7) is 5.82. The Morgan fingerprint density at radius 1 is 0.766 bits per heavy atom. The molecule has 5 aromatic rings. The van der Waals surface area contributed by atoms with Crippen LogP contribution in [0.4, 0.5) is 22.9 Å². The fourth-order valence-electron chi connectivity index (χ4n) is 10.9. The van der Waals surface area contributed by atoms with E-state index in [4.69, 9.17) is 4.98 Å². The number of piperazine rings is 1. The van der Waals surface area contributed by atoms with E-state index in [0.29, 0.717) is 34.8 Å². The van der Waals surface area contributed by atoms with Gasteiger partial charge in [0.05, 0.1) is 23.9 Å². The summed E-state index contributed by atoms with van der Waals surface area (Å²) in [5.41, 5.74) is 6.58. The minimum Gasteiger partial charge on any atom is -0.371 e. The molecular formula is C48H51N11O5. The summed E-state index contributed by atoms with van der Waals surface area (Å²) < 4.78 is 2.10. The van der Waals surface area contributed by atoms with Crippen molar-refractivity contribution >= 4 is 63.6 Å². The maximum Gasteiger partial charge on any atom is 0.262 e. The third kappa shape index (κ3) is 7.42. The molecule has 3 N–H and O–H groups in total. The van der Waals surface area contributed by atoms with Crippen LogP contribution in [0.15, 0.2) is 85.5 Å². The fourth-order valence-corrected chi connectivity index (χ4v) is 10.9. The lowest BCUT2D eigenvalue weighted by Crippen LogP contribution is -2.59. The number of imide groups is 2. The summed E-state index contributed by atoms with van der Waals surface area (Å²) in [7, 11) is 0. The largest absolute Gasteiger partial charge is 0.371 e. The minimum absolute atomic E-state index is 0.0475. The van der Waals surface area contributed by atoms with Crippen LogP contribution in [0.2, 0.25) is 0 Å². The average molecular weight is 862 g/mol. The molecule has 3 saturated heterocycles. The highest BCUT2D eigenvalue weighted by Crippen LogP contribution is 2.51. The Labute approximate surface area is 370 Å². The van der Waals surface area contributed by atoms with Gasteiger partial charge in [0, 0.05) is 80.9 Å². The molecule has 11 rings (SSSR count). The number of benzene rings is 3. The van der Waals surface area contributed by atoms with Crippen LogP contribution in [0.25, 0.3) is 11.2 Å². The van der Waals surface area contributed by atoms with Crippen LogP contribution in [0.1, 0.15) is 83.7 Å². The standard InChI is InChI=1S/C48H51N11O5/c60-40-13-12-39(45(62)54-40)59-46(63)37-11-10-34(25-38(37)47(59)64)55-16-14-48(15-17-55)26-36(27-48)57-20-18-56(19-21-57)33-8-6-31(7-9-33)53-43-42-44(50-28-49-43)58(29-51-42)35-23-32(24-35)52-41(61)22-30-4-2-1-3-5-30/h1-11,25,28-29,32,35-36,39H,12-24,26-27H2,(H,52,61)(H,49,50,53)(H,54,60,62). The van der Waals surface area contributed by atoms with E-state index in [1.54, 1.807) is 12.4 Å². The van der Waals surface area contributed by atoms with Gasteiger partial charge in [0.15, 0.2) is 17.0 Å². The summed E-state index contributed by atoms with van der Waals surface area (Å²) >= 11 is 0. The second-order valence-electron chi connectivity index (χ2n) is 18.5. The van der Waals surface area contributed by atoms with E-state index < -0.39 is 23.8 Å². The number of hydrogen-bond acceptors (Lipinski definition) is 12. The van der Waals surface area contributed by atoms with E-state index in [9.17, 15) is 24.0 Å². The van der Waals surface area contributed by atoms with Gasteiger partial charge in [-0.05, 0) is 98.4 Å². The number of amides is 5. The van der Waals surface area contributed by atoms with E-state index >= 15 is 0 Å². The highest BCUT2D eigenvalue weighted by Gasteiger charge is 2.49. The molecule has 5 fully saturated rings. The molecule has 16 nitrogen and oxygen atoms in total. The SMILES string of the molecule is O=C1CCC(N2C(=O)c3ccc(N4CCC5(CC4)CC(N4CCN(c6ccc(Nc7ncnc8c7ncn8C7CC(NC(=O)Cc8ccccc8)C7)cc6)CC4)C5)cc3C2=O)C(=O)N1. The molecule has 0 bridgehead atoms. The van der Waals surface area contributed by atoms with Crippen molar-refractivity contribution in [1.29, 1.82) is 0 Å². The molecule has 64 heavy (non-hydrogen) atoms. The number of nitrogens with one attached hydrogen (secondary N) is 3. The Balaban J connectivity index is 0.634. The second kappa shape index (κ2) is 16.1. The highest BCUT2D eigenvalue weighted by atomic mass is 16.2. The Hall–Kier alpha value is -6.68. The molecule has 5 amide bonds. The summed E-state index contributed by atoms with van der Waals surface area (Å²) in [4.78, 5) is 85.6. The van der Waals surface area contributed by atoms with Crippen LogP contribution >= 0.6 is 0 Å². The molecular weight excluding hydrogens is 811 g/mol. The third-order valence-electron chi connectivity index (χ3n) is 14.7. The number of imidazole rings is 1. The topological polar surface area (TPSA) is 178 Å². The third-order valence-corrected chi connectivity index (χ3v) is 14.7. The number of hydrogen-bond donors (Lipinski definition) is 3. The Bertz CT molecular complexity index is 2640. The lowest BCUT2D eigenvalue weighted by Gasteiger charge is -2.56. The first-order valence-electron chi connectivity index (χ1n) is 22.6. The molecule has 0 radical (unpaired) electrons. The molecule has 16 heteroatoms. The average Bonchev–Trinajstić information content (AvgIpc) is 3.82.